The van der Waals surface area contributed by atoms with E-state index in [4.69, 9.17) is 16.3 Å². The van der Waals surface area contributed by atoms with E-state index in [0.29, 0.717) is 34.6 Å². The number of rotatable bonds is 3. The molecule has 0 spiro atoms. The maximum absolute atomic E-state index is 13.0. The highest BCUT2D eigenvalue weighted by molar-refractivity contribution is 6.29. The number of hydrogen-bond donors (Lipinski definition) is 0. The van der Waals surface area contributed by atoms with Gasteiger partial charge in [0.2, 0.25) is 5.88 Å². The Kier molecular flexibility index (Phi) is 3.77. The van der Waals surface area contributed by atoms with Gasteiger partial charge in [-0.15, -0.1) is 0 Å². The van der Waals surface area contributed by atoms with Crippen molar-refractivity contribution in [3.05, 3.63) is 46.6 Å². The van der Waals surface area contributed by atoms with E-state index >= 15 is 0 Å². The fourth-order valence-corrected chi connectivity index (χ4v) is 1.68. The lowest BCUT2D eigenvalue weighted by Gasteiger charge is -2.08. The van der Waals surface area contributed by atoms with Crippen LogP contribution < -0.4 is 4.74 Å². The van der Waals surface area contributed by atoms with E-state index in [1.807, 2.05) is 6.92 Å². The van der Waals surface area contributed by atoms with Gasteiger partial charge >= 0.3 is 0 Å². The standard InChI is InChI=1S/C13H12ClFN2O/c1-3-12-16-11(14)7-13(17-12)18-10-5-4-9(15)6-8(10)2/h4-7H,3H2,1-2H3. The lowest BCUT2D eigenvalue weighted by Crippen LogP contribution is -1.97. The molecule has 0 amide bonds. The first-order chi connectivity index (χ1) is 8.58. The summed E-state index contributed by atoms with van der Waals surface area (Å²) in [4.78, 5) is 8.24. The second-order valence-electron chi connectivity index (χ2n) is 3.81. The summed E-state index contributed by atoms with van der Waals surface area (Å²) in [5, 5.41) is 0.330. The number of ether oxygens (including phenoxy) is 1. The quantitative estimate of drug-likeness (QED) is 0.790. The van der Waals surface area contributed by atoms with Gasteiger partial charge in [0.1, 0.15) is 22.5 Å². The fourth-order valence-electron chi connectivity index (χ4n) is 1.49. The molecule has 0 saturated carbocycles. The predicted octanol–water partition coefficient (Wildman–Crippen LogP) is 3.93. The molecule has 1 aromatic heterocycles. The second-order valence-corrected chi connectivity index (χ2v) is 4.20. The van der Waals surface area contributed by atoms with Crippen molar-refractivity contribution in [2.45, 2.75) is 20.3 Å². The van der Waals surface area contributed by atoms with Gasteiger partial charge in [-0.25, -0.2) is 9.37 Å². The zero-order valence-electron chi connectivity index (χ0n) is 10.1. The fraction of sp³-hybridized carbons (Fsp3) is 0.231. The van der Waals surface area contributed by atoms with E-state index in [1.54, 1.807) is 13.0 Å². The molecule has 18 heavy (non-hydrogen) atoms. The number of hydrogen-bond acceptors (Lipinski definition) is 3. The monoisotopic (exact) mass is 266 g/mol. The molecule has 94 valence electrons. The van der Waals surface area contributed by atoms with Crippen molar-refractivity contribution in [2.75, 3.05) is 0 Å². The van der Waals surface area contributed by atoms with E-state index in [-0.39, 0.29) is 5.82 Å². The summed E-state index contributed by atoms with van der Waals surface area (Å²) < 4.78 is 18.6. The van der Waals surface area contributed by atoms with Crippen molar-refractivity contribution in [3.63, 3.8) is 0 Å². The summed E-state index contributed by atoms with van der Waals surface area (Å²) in [7, 11) is 0. The van der Waals surface area contributed by atoms with Crippen molar-refractivity contribution in [1.29, 1.82) is 0 Å². The number of aryl methyl sites for hydroxylation is 2. The largest absolute Gasteiger partial charge is 0.439 e. The molecular weight excluding hydrogens is 255 g/mol. The molecular formula is C13H12ClFN2O. The first-order valence-electron chi connectivity index (χ1n) is 5.56. The normalized spacial score (nSPS) is 10.4. The average molecular weight is 267 g/mol. The lowest BCUT2D eigenvalue weighted by molar-refractivity contribution is 0.453. The summed E-state index contributed by atoms with van der Waals surface area (Å²) in [5.41, 5.74) is 0.697. The number of aromatic nitrogens is 2. The van der Waals surface area contributed by atoms with Crippen molar-refractivity contribution < 1.29 is 9.13 Å². The summed E-state index contributed by atoms with van der Waals surface area (Å²) >= 11 is 5.87. The third-order valence-corrected chi connectivity index (χ3v) is 2.58. The van der Waals surface area contributed by atoms with Crippen LogP contribution in [0.3, 0.4) is 0 Å². The van der Waals surface area contributed by atoms with Crippen LogP contribution in [0, 0.1) is 12.7 Å². The highest BCUT2D eigenvalue weighted by atomic mass is 35.5. The van der Waals surface area contributed by atoms with Gasteiger partial charge in [0.25, 0.3) is 0 Å². The molecule has 0 radical (unpaired) electrons. The maximum atomic E-state index is 13.0. The van der Waals surface area contributed by atoms with Crippen LogP contribution in [0.4, 0.5) is 4.39 Å². The van der Waals surface area contributed by atoms with Crippen LogP contribution in [0.5, 0.6) is 11.6 Å². The Morgan fingerprint density at radius 3 is 2.72 bits per heavy atom. The molecule has 0 atom stereocenters. The zero-order valence-corrected chi connectivity index (χ0v) is 10.8. The summed E-state index contributed by atoms with van der Waals surface area (Å²) in [5.74, 6) is 1.22. The molecule has 0 fully saturated rings. The molecule has 2 rings (SSSR count). The smallest absolute Gasteiger partial charge is 0.224 e. The SMILES string of the molecule is CCc1nc(Cl)cc(Oc2ccc(F)cc2C)n1. The molecule has 0 saturated heterocycles. The van der Waals surface area contributed by atoms with E-state index in [1.165, 1.54) is 18.2 Å². The maximum Gasteiger partial charge on any atom is 0.224 e. The molecule has 0 aliphatic carbocycles. The van der Waals surface area contributed by atoms with Crippen LogP contribution in [0.25, 0.3) is 0 Å². The van der Waals surface area contributed by atoms with Crippen molar-refractivity contribution in [2.24, 2.45) is 0 Å². The second kappa shape index (κ2) is 5.31. The Bertz CT molecular complexity index is 575. The first-order valence-corrected chi connectivity index (χ1v) is 5.93. The summed E-state index contributed by atoms with van der Waals surface area (Å²) in [6.45, 7) is 3.69. The van der Waals surface area contributed by atoms with Gasteiger partial charge in [0.15, 0.2) is 0 Å². The highest BCUT2D eigenvalue weighted by Gasteiger charge is 2.07. The minimum Gasteiger partial charge on any atom is -0.439 e. The molecule has 0 aliphatic rings. The summed E-state index contributed by atoms with van der Waals surface area (Å²) in [6, 6.07) is 5.83. The number of nitrogens with zero attached hydrogens (tertiary/aromatic N) is 2. The Morgan fingerprint density at radius 2 is 2.06 bits per heavy atom. The minimum atomic E-state index is -0.296. The van der Waals surface area contributed by atoms with Crippen LogP contribution in [0.1, 0.15) is 18.3 Å². The van der Waals surface area contributed by atoms with Crippen molar-refractivity contribution in [3.8, 4) is 11.6 Å². The molecule has 1 heterocycles. The van der Waals surface area contributed by atoms with Crippen molar-refractivity contribution in [1.82, 2.24) is 9.97 Å². The van der Waals surface area contributed by atoms with Gasteiger partial charge in [-0.1, -0.05) is 18.5 Å². The third-order valence-electron chi connectivity index (χ3n) is 2.39. The van der Waals surface area contributed by atoms with Crippen LogP contribution in [-0.2, 0) is 6.42 Å². The summed E-state index contributed by atoms with van der Waals surface area (Å²) in [6.07, 6.45) is 0.666. The van der Waals surface area contributed by atoms with E-state index < -0.39 is 0 Å². The molecule has 1 aromatic carbocycles. The van der Waals surface area contributed by atoms with E-state index in [2.05, 4.69) is 9.97 Å². The Labute approximate surface area is 110 Å². The first kappa shape index (κ1) is 12.8. The molecule has 5 heteroatoms. The Morgan fingerprint density at radius 1 is 1.28 bits per heavy atom. The van der Waals surface area contributed by atoms with E-state index in [9.17, 15) is 4.39 Å². The van der Waals surface area contributed by atoms with Gasteiger partial charge in [-0.3, -0.25) is 0 Å². The molecule has 0 bridgehead atoms. The molecule has 2 aromatic rings. The van der Waals surface area contributed by atoms with Gasteiger partial charge < -0.3 is 4.74 Å². The minimum absolute atomic E-state index is 0.296. The average Bonchev–Trinajstić information content (AvgIpc) is 2.32. The number of halogens is 2. The topological polar surface area (TPSA) is 35.0 Å². The third kappa shape index (κ3) is 2.96. The predicted molar refractivity (Wildman–Crippen MR) is 67.6 cm³/mol. The van der Waals surface area contributed by atoms with Gasteiger partial charge in [-0.2, -0.15) is 4.98 Å². The van der Waals surface area contributed by atoms with Crippen molar-refractivity contribution >= 4 is 11.6 Å². The molecule has 0 N–H and O–H groups in total. The zero-order chi connectivity index (χ0) is 13.1. The van der Waals surface area contributed by atoms with Gasteiger partial charge in [0.05, 0.1) is 0 Å². The van der Waals surface area contributed by atoms with Crippen LogP contribution in [-0.4, -0.2) is 9.97 Å². The highest BCUT2D eigenvalue weighted by Crippen LogP contribution is 2.25. The van der Waals surface area contributed by atoms with Gasteiger partial charge in [-0.05, 0) is 30.7 Å². The van der Waals surface area contributed by atoms with Crippen LogP contribution in [0.15, 0.2) is 24.3 Å². The Balaban J connectivity index is 2.30. The molecule has 0 unspecified atom stereocenters. The van der Waals surface area contributed by atoms with Gasteiger partial charge in [0, 0.05) is 12.5 Å². The lowest BCUT2D eigenvalue weighted by atomic mass is 10.2. The Hall–Kier alpha value is -1.68. The van der Waals surface area contributed by atoms with Crippen LogP contribution in [0.2, 0.25) is 5.15 Å². The van der Waals surface area contributed by atoms with Crippen LogP contribution >= 0.6 is 11.6 Å². The van der Waals surface area contributed by atoms with E-state index in [0.717, 1.165) is 0 Å². The number of benzene rings is 1. The molecule has 3 nitrogen and oxygen atoms in total. The molecule has 0 aliphatic heterocycles.